The summed E-state index contributed by atoms with van der Waals surface area (Å²) in [5.74, 6) is 2.01. The van der Waals surface area contributed by atoms with Crippen LogP contribution in [0.2, 0.25) is 0 Å². The monoisotopic (exact) mass is 312 g/mol. The standard InChI is InChI=1S/C12H18Cl2N2O.ClH/c1-17-12-3-2-11(15)8-10(12)9-16(6-4-13)7-5-14;/h2-3,8H,4-7,9,15H2,1H3;1H. The lowest BCUT2D eigenvalue weighted by atomic mass is 10.1. The average molecular weight is 314 g/mol. The molecule has 0 aliphatic rings. The average Bonchev–Trinajstić information content (AvgIpc) is 2.30. The molecule has 0 aliphatic carbocycles. The van der Waals surface area contributed by atoms with Gasteiger partial charge in [-0.2, -0.15) is 0 Å². The lowest BCUT2D eigenvalue weighted by Gasteiger charge is -2.21. The highest BCUT2D eigenvalue weighted by molar-refractivity contribution is 6.18. The number of halogens is 3. The van der Waals surface area contributed by atoms with Crippen LogP contribution in [0.25, 0.3) is 0 Å². The number of anilines is 1. The van der Waals surface area contributed by atoms with Gasteiger partial charge in [0.15, 0.2) is 0 Å². The number of alkyl halides is 2. The van der Waals surface area contributed by atoms with Crippen molar-refractivity contribution >= 4 is 41.3 Å². The Balaban J connectivity index is 0.00000289. The van der Waals surface area contributed by atoms with E-state index in [2.05, 4.69) is 4.90 Å². The highest BCUT2D eigenvalue weighted by Crippen LogP contribution is 2.22. The molecule has 0 amide bonds. The number of benzene rings is 1. The first kappa shape index (κ1) is 17.6. The summed E-state index contributed by atoms with van der Waals surface area (Å²) in [5.41, 5.74) is 7.57. The molecule has 6 heteroatoms. The van der Waals surface area contributed by atoms with Crippen LogP contribution in [-0.4, -0.2) is 36.9 Å². The Morgan fingerprint density at radius 2 is 1.83 bits per heavy atom. The van der Waals surface area contributed by atoms with E-state index in [1.54, 1.807) is 7.11 Å². The molecule has 0 radical (unpaired) electrons. The minimum atomic E-state index is 0. The fraction of sp³-hybridized carbons (Fsp3) is 0.500. The maximum absolute atomic E-state index is 5.78. The predicted molar refractivity (Wildman–Crippen MR) is 81.4 cm³/mol. The quantitative estimate of drug-likeness (QED) is 0.621. The number of rotatable bonds is 7. The van der Waals surface area contributed by atoms with Gasteiger partial charge >= 0.3 is 0 Å². The Labute approximate surface area is 125 Å². The number of nitrogens with two attached hydrogens (primary N) is 1. The molecule has 18 heavy (non-hydrogen) atoms. The van der Waals surface area contributed by atoms with Gasteiger partial charge in [0.2, 0.25) is 0 Å². The second kappa shape index (κ2) is 9.56. The molecule has 0 spiro atoms. The maximum atomic E-state index is 5.78. The molecule has 0 fully saturated rings. The molecular formula is C12H19Cl3N2O. The van der Waals surface area contributed by atoms with E-state index in [1.807, 2.05) is 18.2 Å². The zero-order valence-corrected chi connectivity index (χ0v) is 12.7. The van der Waals surface area contributed by atoms with Crippen LogP contribution in [0.4, 0.5) is 5.69 Å². The summed E-state index contributed by atoms with van der Waals surface area (Å²) < 4.78 is 5.31. The van der Waals surface area contributed by atoms with E-state index in [0.717, 1.165) is 36.6 Å². The lowest BCUT2D eigenvalue weighted by molar-refractivity contribution is 0.292. The molecule has 0 heterocycles. The molecular weight excluding hydrogens is 295 g/mol. The van der Waals surface area contributed by atoms with Crippen molar-refractivity contribution in [2.45, 2.75) is 6.54 Å². The van der Waals surface area contributed by atoms with Gasteiger partial charge in [0.05, 0.1) is 7.11 Å². The number of ether oxygens (including phenoxy) is 1. The number of hydrogen-bond acceptors (Lipinski definition) is 3. The summed E-state index contributed by atoms with van der Waals surface area (Å²) in [6.07, 6.45) is 0. The van der Waals surface area contributed by atoms with Gasteiger partial charge in [0.25, 0.3) is 0 Å². The van der Waals surface area contributed by atoms with Crippen molar-refractivity contribution in [3.8, 4) is 5.75 Å². The van der Waals surface area contributed by atoms with Crippen LogP contribution in [0.1, 0.15) is 5.56 Å². The second-order valence-corrected chi connectivity index (χ2v) is 4.48. The van der Waals surface area contributed by atoms with Gasteiger partial charge in [-0.25, -0.2) is 0 Å². The first-order valence-electron chi connectivity index (χ1n) is 5.48. The lowest BCUT2D eigenvalue weighted by Crippen LogP contribution is -2.27. The highest BCUT2D eigenvalue weighted by atomic mass is 35.5. The molecule has 104 valence electrons. The molecule has 0 aliphatic heterocycles. The van der Waals surface area contributed by atoms with Crippen molar-refractivity contribution in [3.63, 3.8) is 0 Å². The third-order valence-corrected chi connectivity index (χ3v) is 2.84. The minimum Gasteiger partial charge on any atom is -0.496 e. The molecule has 0 unspecified atom stereocenters. The van der Waals surface area contributed by atoms with Crippen molar-refractivity contribution in [3.05, 3.63) is 23.8 Å². The van der Waals surface area contributed by atoms with Crippen LogP contribution in [-0.2, 0) is 6.54 Å². The largest absolute Gasteiger partial charge is 0.496 e. The Hall–Kier alpha value is -0.350. The van der Waals surface area contributed by atoms with Crippen LogP contribution < -0.4 is 10.5 Å². The topological polar surface area (TPSA) is 38.5 Å². The summed E-state index contributed by atoms with van der Waals surface area (Å²) in [7, 11) is 1.66. The third kappa shape index (κ3) is 5.53. The SMILES string of the molecule is COc1ccc(N)cc1CN(CCCl)CCCl.Cl. The molecule has 0 saturated carbocycles. The number of hydrogen-bond donors (Lipinski definition) is 1. The molecule has 1 aromatic carbocycles. The van der Waals surface area contributed by atoms with E-state index in [-0.39, 0.29) is 12.4 Å². The third-order valence-electron chi connectivity index (χ3n) is 2.50. The van der Waals surface area contributed by atoms with Crippen LogP contribution in [0.15, 0.2) is 18.2 Å². The van der Waals surface area contributed by atoms with E-state index < -0.39 is 0 Å². The summed E-state index contributed by atoms with van der Waals surface area (Å²) >= 11 is 11.5. The molecule has 0 aromatic heterocycles. The van der Waals surface area contributed by atoms with E-state index in [4.69, 9.17) is 33.7 Å². The number of methoxy groups -OCH3 is 1. The zero-order chi connectivity index (χ0) is 12.7. The normalized spacial score (nSPS) is 10.2. The van der Waals surface area contributed by atoms with E-state index in [9.17, 15) is 0 Å². The molecule has 2 N–H and O–H groups in total. The van der Waals surface area contributed by atoms with Gasteiger partial charge in [-0.15, -0.1) is 35.6 Å². The highest BCUT2D eigenvalue weighted by Gasteiger charge is 2.09. The van der Waals surface area contributed by atoms with E-state index >= 15 is 0 Å². The Kier molecular flexibility index (Phi) is 9.38. The molecule has 0 atom stereocenters. The Bertz CT molecular complexity index is 344. The molecule has 1 aromatic rings. The van der Waals surface area contributed by atoms with E-state index in [1.165, 1.54) is 0 Å². The zero-order valence-electron chi connectivity index (χ0n) is 10.4. The van der Waals surface area contributed by atoms with Crippen molar-refractivity contribution < 1.29 is 4.74 Å². The van der Waals surface area contributed by atoms with Crippen molar-refractivity contribution in [1.82, 2.24) is 4.90 Å². The van der Waals surface area contributed by atoms with Crippen LogP contribution in [0.5, 0.6) is 5.75 Å². The van der Waals surface area contributed by atoms with Crippen molar-refractivity contribution in [2.75, 3.05) is 37.7 Å². The van der Waals surface area contributed by atoms with Gasteiger partial charge < -0.3 is 10.5 Å². The van der Waals surface area contributed by atoms with Crippen molar-refractivity contribution in [1.29, 1.82) is 0 Å². The smallest absolute Gasteiger partial charge is 0.123 e. The molecule has 0 saturated heterocycles. The van der Waals surface area contributed by atoms with Crippen LogP contribution >= 0.6 is 35.6 Å². The van der Waals surface area contributed by atoms with Gasteiger partial charge in [0.1, 0.15) is 5.75 Å². The predicted octanol–water partition coefficient (Wildman–Crippen LogP) is 2.98. The van der Waals surface area contributed by atoms with Gasteiger partial charge in [0, 0.05) is 42.6 Å². The number of nitrogen functional groups attached to an aromatic ring is 1. The van der Waals surface area contributed by atoms with Crippen LogP contribution in [0, 0.1) is 0 Å². The van der Waals surface area contributed by atoms with Gasteiger partial charge in [-0.05, 0) is 18.2 Å². The van der Waals surface area contributed by atoms with Gasteiger partial charge in [-0.3, -0.25) is 4.90 Å². The molecule has 1 rings (SSSR count). The fourth-order valence-electron chi connectivity index (χ4n) is 1.67. The van der Waals surface area contributed by atoms with Gasteiger partial charge in [-0.1, -0.05) is 0 Å². The summed E-state index contributed by atoms with van der Waals surface area (Å²) in [6, 6.07) is 5.63. The number of nitrogens with zero attached hydrogens (tertiary/aromatic N) is 1. The minimum absolute atomic E-state index is 0. The first-order valence-corrected chi connectivity index (χ1v) is 6.54. The van der Waals surface area contributed by atoms with Crippen LogP contribution in [0.3, 0.4) is 0 Å². The molecule has 3 nitrogen and oxygen atoms in total. The van der Waals surface area contributed by atoms with E-state index in [0.29, 0.717) is 11.8 Å². The molecule has 0 bridgehead atoms. The Morgan fingerprint density at radius 3 is 2.33 bits per heavy atom. The summed E-state index contributed by atoms with van der Waals surface area (Å²) in [5, 5.41) is 0. The first-order chi connectivity index (χ1) is 8.21. The fourth-order valence-corrected chi connectivity index (χ4v) is 2.15. The maximum Gasteiger partial charge on any atom is 0.123 e. The second-order valence-electron chi connectivity index (χ2n) is 3.73. The Morgan fingerprint density at radius 1 is 1.22 bits per heavy atom. The van der Waals surface area contributed by atoms with Crippen molar-refractivity contribution in [2.24, 2.45) is 0 Å². The summed E-state index contributed by atoms with van der Waals surface area (Å²) in [4.78, 5) is 2.18. The summed E-state index contributed by atoms with van der Waals surface area (Å²) in [6.45, 7) is 2.34.